The van der Waals surface area contributed by atoms with E-state index in [1.807, 2.05) is 31.2 Å². The second kappa shape index (κ2) is 24.0. The Balaban J connectivity index is 0.000000354. The predicted octanol–water partition coefficient (Wildman–Crippen LogP) is 0.848. The van der Waals surface area contributed by atoms with Crippen LogP contribution in [0.1, 0.15) is 90.9 Å². The summed E-state index contributed by atoms with van der Waals surface area (Å²) in [6.07, 6.45) is 11.9. The molecule has 0 amide bonds. The molecule has 0 aliphatic carbocycles. The molecule has 0 radical (unpaired) electrons. The molecule has 0 atom stereocenters. The molecule has 6 aromatic rings. The van der Waals surface area contributed by atoms with Crippen LogP contribution in [-0.2, 0) is 23.7 Å². The minimum Gasteiger partial charge on any atom is -0.470 e. The molecule has 0 aliphatic heterocycles. The number of aromatic nitrogens is 6. The Morgan fingerprint density at radius 2 is 1.13 bits per heavy atom. The minimum absolute atomic E-state index is 0. The van der Waals surface area contributed by atoms with Crippen molar-refractivity contribution >= 4 is 17.4 Å². The third kappa shape index (κ3) is 17.5. The first kappa shape index (κ1) is 47.5. The maximum atomic E-state index is 11.8. The number of benzene rings is 2. The Morgan fingerprint density at radius 1 is 0.673 bits per heavy atom. The van der Waals surface area contributed by atoms with Crippen LogP contribution < -0.4 is 109 Å². The van der Waals surface area contributed by atoms with E-state index in [-0.39, 0.29) is 143 Å². The Hall–Kier alpha value is -2.57. The molecule has 0 fully saturated rings. The van der Waals surface area contributed by atoms with Crippen molar-refractivity contribution in [3.63, 3.8) is 0 Å². The molecule has 11 nitrogen and oxygen atoms in total. The number of hydrogen-bond donors (Lipinski definition) is 1. The molecule has 260 valence electrons. The van der Waals surface area contributed by atoms with Gasteiger partial charge in [0.15, 0.2) is 17.4 Å². The van der Waals surface area contributed by atoms with E-state index in [0.717, 1.165) is 28.3 Å². The SMILES string of the molecule is CC(C)(C)c1c[c-]no1.CC(C)(C)c1c[c-]no1.Cc1cnc(C(=O)Cc2cc[c-]cc2)cn1.Nc1nccnc1C(=O)Cc1cc[c-]cc1.[K+].[K+]. The van der Waals surface area contributed by atoms with E-state index >= 15 is 0 Å². The largest absolute Gasteiger partial charge is 1.00 e. The first-order valence-electron chi connectivity index (χ1n) is 15.7. The fraction of sp³-hybridized carbons (Fsp3) is 0.282. The first-order valence-corrected chi connectivity index (χ1v) is 15.7. The van der Waals surface area contributed by atoms with Crippen molar-refractivity contribution in [1.29, 1.82) is 0 Å². The van der Waals surface area contributed by atoms with Gasteiger partial charge in [0.25, 0.3) is 0 Å². The van der Waals surface area contributed by atoms with E-state index in [9.17, 15) is 9.59 Å². The molecule has 2 aromatic carbocycles. The molecule has 2 N–H and O–H groups in total. The Labute approximate surface area is 391 Å². The standard InChI is InChI=1S/C13H11N2O.C12H10N3O.2C7H10NO.2K/c1-10-8-15-12(9-14-10)13(16)7-11-5-3-2-4-6-11;13-12-11(14-6-7-15-12)10(16)8-9-4-2-1-3-5-9;2*1-7(2,3)6-4-5-8-9-6;;/h3-6,8-9H,7H2,1H3;2-7H,8H2,(H2,13,15);2*4H,1-3H3;;/q4*-1;2*+1. The second-order valence-electron chi connectivity index (χ2n) is 13.0. The first-order chi connectivity index (χ1) is 23.7. The number of nitrogens with two attached hydrogens (primary N) is 1. The number of carbonyl (C=O) groups is 2. The maximum Gasteiger partial charge on any atom is 1.00 e. The molecule has 6 rings (SSSR count). The summed E-state index contributed by atoms with van der Waals surface area (Å²) in [5.74, 6) is 1.79. The average molecular weight is 750 g/mol. The zero-order chi connectivity index (χ0) is 36.6. The van der Waals surface area contributed by atoms with E-state index in [4.69, 9.17) is 14.8 Å². The number of Topliss-reactive ketones (excluding diaryl/α,β-unsaturated/α-hetero) is 2. The fourth-order valence-electron chi connectivity index (χ4n) is 3.80. The van der Waals surface area contributed by atoms with E-state index in [1.165, 1.54) is 18.6 Å². The minimum atomic E-state index is -0.128. The molecule has 13 heteroatoms. The van der Waals surface area contributed by atoms with Crippen molar-refractivity contribution in [3.8, 4) is 0 Å². The zero-order valence-electron chi connectivity index (χ0n) is 31.4. The van der Waals surface area contributed by atoms with Gasteiger partial charge in [-0.25, -0.2) is 25.3 Å². The Kier molecular flexibility index (Phi) is 21.9. The van der Waals surface area contributed by atoms with Crippen molar-refractivity contribution < 1.29 is 121 Å². The summed E-state index contributed by atoms with van der Waals surface area (Å²) >= 11 is 0. The topological polar surface area (TPSA) is 164 Å². The van der Waals surface area contributed by atoms with E-state index in [0.29, 0.717) is 12.1 Å². The van der Waals surface area contributed by atoms with Crippen LogP contribution >= 0.6 is 0 Å². The molecule has 0 bridgehead atoms. The average Bonchev–Trinajstić information content (AvgIpc) is 3.83. The summed E-state index contributed by atoms with van der Waals surface area (Å²) in [6.45, 7) is 14.3. The number of hydrogen-bond acceptors (Lipinski definition) is 11. The Bertz CT molecular complexity index is 1810. The van der Waals surface area contributed by atoms with E-state index in [2.05, 4.69) is 96.3 Å². The fourth-order valence-corrected chi connectivity index (χ4v) is 3.80. The molecule has 0 saturated heterocycles. The number of ketones is 2. The van der Waals surface area contributed by atoms with Gasteiger partial charge in [0.1, 0.15) is 11.4 Å². The number of nitrogen functional groups attached to an aromatic ring is 1. The summed E-state index contributed by atoms with van der Waals surface area (Å²) < 4.78 is 9.78. The number of carbonyl (C=O) groups excluding carboxylic acids is 2. The van der Waals surface area contributed by atoms with Gasteiger partial charge < -0.3 is 14.8 Å². The second-order valence-corrected chi connectivity index (χ2v) is 13.0. The van der Waals surface area contributed by atoms with Crippen LogP contribution in [0.25, 0.3) is 0 Å². The molecule has 0 spiro atoms. The number of aryl methyl sites for hydroxylation is 1. The third-order valence-corrected chi connectivity index (χ3v) is 6.62. The predicted molar refractivity (Wildman–Crippen MR) is 188 cm³/mol. The van der Waals surface area contributed by atoms with Crippen molar-refractivity contribution in [3.05, 3.63) is 150 Å². The van der Waals surface area contributed by atoms with Crippen LogP contribution in [0.2, 0.25) is 0 Å². The van der Waals surface area contributed by atoms with Crippen LogP contribution in [0, 0.1) is 31.5 Å². The zero-order valence-corrected chi connectivity index (χ0v) is 37.6. The molecular formula is C39H41K2N7O4-2. The summed E-state index contributed by atoms with van der Waals surface area (Å²) in [6, 6.07) is 23.9. The summed E-state index contributed by atoms with van der Waals surface area (Å²) in [7, 11) is 0. The summed E-state index contributed by atoms with van der Waals surface area (Å²) in [5, 5.41) is 6.98. The molecule has 52 heavy (non-hydrogen) atoms. The third-order valence-electron chi connectivity index (χ3n) is 6.62. The van der Waals surface area contributed by atoms with Gasteiger partial charge in [-0.15, -0.1) is 12.4 Å². The molecule has 0 aliphatic rings. The summed E-state index contributed by atoms with van der Waals surface area (Å²) in [4.78, 5) is 39.5. The monoisotopic (exact) mass is 749 g/mol. The van der Waals surface area contributed by atoms with E-state index < -0.39 is 0 Å². The quantitative estimate of drug-likeness (QED) is 0.146. The van der Waals surface area contributed by atoms with Gasteiger partial charge in [0.2, 0.25) is 0 Å². The maximum absolute atomic E-state index is 11.8. The number of rotatable bonds is 6. The van der Waals surface area contributed by atoms with Crippen molar-refractivity contribution in [2.45, 2.75) is 72.1 Å². The summed E-state index contributed by atoms with van der Waals surface area (Å²) in [5.41, 5.74) is 9.03. The van der Waals surface area contributed by atoms with Crippen LogP contribution in [0.3, 0.4) is 0 Å². The van der Waals surface area contributed by atoms with Gasteiger partial charge in [0, 0.05) is 31.4 Å². The van der Waals surface area contributed by atoms with Crippen LogP contribution in [0.4, 0.5) is 5.82 Å². The Morgan fingerprint density at radius 3 is 1.50 bits per heavy atom. The van der Waals surface area contributed by atoms with Crippen molar-refractivity contribution in [2.24, 2.45) is 0 Å². The van der Waals surface area contributed by atoms with Gasteiger partial charge in [-0.1, -0.05) is 41.5 Å². The van der Waals surface area contributed by atoms with Gasteiger partial charge in [-0.05, 0) is 29.3 Å². The molecule has 0 saturated carbocycles. The molecular weight excluding hydrogens is 709 g/mol. The van der Waals surface area contributed by atoms with E-state index in [1.54, 1.807) is 42.6 Å². The molecule has 4 aromatic heterocycles. The normalized spacial score (nSPS) is 10.3. The molecule has 0 unspecified atom stereocenters. The van der Waals surface area contributed by atoms with Crippen molar-refractivity contribution in [1.82, 2.24) is 30.2 Å². The number of anilines is 1. The van der Waals surface area contributed by atoms with Crippen LogP contribution in [-0.4, -0.2) is 41.8 Å². The van der Waals surface area contributed by atoms with Crippen molar-refractivity contribution in [2.75, 3.05) is 5.73 Å². The van der Waals surface area contributed by atoms with Crippen LogP contribution in [0.5, 0.6) is 0 Å². The van der Waals surface area contributed by atoms with Gasteiger partial charge in [-0.2, -0.15) is 83.9 Å². The van der Waals surface area contributed by atoms with Gasteiger partial charge in [-0.3, -0.25) is 14.6 Å². The molecule has 4 heterocycles. The van der Waals surface area contributed by atoms with Gasteiger partial charge in [0.05, 0.1) is 11.9 Å². The number of nitrogens with zero attached hydrogens (tertiary/aromatic N) is 6. The van der Waals surface area contributed by atoms with Crippen LogP contribution in [0.15, 0.2) is 94.5 Å². The smallest absolute Gasteiger partial charge is 0.470 e. The van der Waals surface area contributed by atoms with Gasteiger partial charge >= 0.3 is 103 Å².